The lowest BCUT2D eigenvalue weighted by Gasteiger charge is -2.01. The predicted octanol–water partition coefficient (Wildman–Crippen LogP) is -2.89. The monoisotopic (exact) mass is 474 g/mol. The summed E-state index contributed by atoms with van der Waals surface area (Å²) in [6.07, 6.45) is 16.2. The molecule has 0 saturated heterocycles. The Bertz CT molecular complexity index is 546. The van der Waals surface area contributed by atoms with E-state index in [-0.39, 0.29) is 34.0 Å². The number of rotatable bonds is 10. The number of hydrogen-bond donors (Lipinski definition) is 2. The lowest BCUT2D eigenvalue weighted by molar-refractivity contribution is -0.697. The van der Waals surface area contributed by atoms with Crippen molar-refractivity contribution in [1.29, 1.82) is 0 Å². The van der Waals surface area contributed by atoms with Crippen LogP contribution < -0.4 is 43.1 Å². The predicted molar refractivity (Wildman–Crippen MR) is 88.9 cm³/mol. The summed E-state index contributed by atoms with van der Waals surface area (Å²) in [7, 11) is 0. The second-order valence-corrected chi connectivity index (χ2v) is 6.07. The van der Waals surface area contributed by atoms with Crippen molar-refractivity contribution >= 4 is 0 Å². The molecule has 2 rings (SSSR count). The van der Waals surface area contributed by atoms with Crippen LogP contribution >= 0.6 is 0 Å². The van der Waals surface area contributed by atoms with Gasteiger partial charge in [-0.05, 0) is 25.0 Å². The molecule has 0 fully saturated rings. The Balaban J connectivity index is 0.00000288. The van der Waals surface area contributed by atoms with Crippen LogP contribution in [0.25, 0.3) is 0 Å². The molecule has 4 nitrogen and oxygen atoms in total. The molecule has 0 atom stereocenters. The zero-order valence-electron chi connectivity index (χ0n) is 14.5. The van der Waals surface area contributed by atoms with Crippen molar-refractivity contribution in [2.24, 2.45) is 0 Å². The van der Waals surface area contributed by atoms with Gasteiger partial charge in [-0.15, -0.1) is 0 Å². The molecule has 0 bridgehead atoms. The highest BCUT2D eigenvalue weighted by atomic mass is 79.9. The van der Waals surface area contributed by atoms with Crippen molar-refractivity contribution in [1.82, 2.24) is 0 Å². The first-order valence-corrected chi connectivity index (χ1v) is 8.60. The zero-order chi connectivity index (χ0) is 16.3. The highest BCUT2D eigenvalue weighted by Crippen LogP contribution is 2.08. The number of hydrogen-bond acceptors (Lipinski definition) is 2. The van der Waals surface area contributed by atoms with Crippen molar-refractivity contribution < 1.29 is 53.3 Å². The van der Waals surface area contributed by atoms with Crippen LogP contribution in [0.15, 0.2) is 49.1 Å². The minimum atomic E-state index is 0. The molecular formula is C19H28Br2N2O2. The summed E-state index contributed by atoms with van der Waals surface area (Å²) in [5, 5.41) is 18.8. The van der Waals surface area contributed by atoms with E-state index < -0.39 is 0 Å². The Hall–Kier alpha value is -1.14. The number of halogens is 2. The Morgan fingerprint density at radius 2 is 0.960 bits per heavy atom. The van der Waals surface area contributed by atoms with Gasteiger partial charge in [-0.25, -0.2) is 9.13 Å². The topological polar surface area (TPSA) is 48.2 Å². The summed E-state index contributed by atoms with van der Waals surface area (Å²) < 4.78 is 4.09. The maximum absolute atomic E-state index is 9.40. The standard InChI is InChI=1S/C19H26N2O2.2BrH/c22-18-10-8-14-20(16-18)12-6-4-2-1-3-5-7-13-21-15-9-11-19(23)17-21;;/h8-11,14-17H,1-7,12-13H2;2*1H. The van der Waals surface area contributed by atoms with Gasteiger partial charge in [0.2, 0.25) is 12.4 Å². The highest BCUT2D eigenvalue weighted by Gasteiger charge is 2.02. The van der Waals surface area contributed by atoms with Crippen LogP contribution in [0.4, 0.5) is 0 Å². The molecule has 0 aliphatic heterocycles. The van der Waals surface area contributed by atoms with E-state index in [1.54, 1.807) is 24.5 Å². The van der Waals surface area contributed by atoms with Gasteiger partial charge in [0.05, 0.1) is 0 Å². The summed E-state index contributed by atoms with van der Waals surface area (Å²) in [6, 6.07) is 7.15. The van der Waals surface area contributed by atoms with E-state index >= 15 is 0 Å². The van der Waals surface area contributed by atoms with Crippen LogP contribution in [0, 0.1) is 0 Å². The normalized spacial score (nSPS) is 9.92. The molecule has 0 amide bonds. The van der Waals surface area contributed by atoms with E-state index in [9.17, 15) is 10.2 Å². The van der Waals surface area contributed by atoms with E-state index in [4.69, 9.17) is 0 Å². The van der Waals surface area contributed by atoms with Crippen molar-refractivity contribution in [3.8, 4) is 11.5 Å². The molecule has 0 aliphatic rings. The Morgan fingerprint density at radius 1 is 0.600 bits per heavy atom. The lowest BCUT2D eigenvalue weighted by Crippen LogP contribution is -3.00. The quantitative estimate of drug-likeness (QED) is 0.286. The average molecular weight is 476 g/mol. The van der Waals surface area contributed by atoms with E-state index in [2.05, 4.69) is 0 Å². The highest BCUT2D eigenvalue weighted by molar-refractivity contribution is 5.09. The summed E-state index contributed by atoms with van der Waals surface area (Å²) in [4.78, 5) is 0. The molecule has 0 aliphatic carbocycles. The van der Waals surface area contributed by atoms with Crippen molar-refractivity contribution in [3.05, 3.63) is 49.1 Å². The van der Waals surface area contributed by atoms with Gasteiger partial charge >= 0.3 is 0 Å². The number of aromatic nitrogens is 2. The summed E-state index contributed by atoms with van der Waals surface area (Å²) >= 11 is 0. The number of aryl methyl sites for hydroxylation is 2. The SMILES string of the molecule is Oc1ccc[n+](CCCCCCCCC[n+]2cccc(O)c2)c1.[Br-].[Br-]. The van der Waals surface area contributed by atoms with Crippen LogP contribution in [-0.4, -0.2) is 10.2 Å². The number of unbranched alkanes of at least 4 members (excludes halogenated alkanes) is 6. The molecule has 6 heteroatoms. The molecule has 2 aromatic heterocycles. The minimum absolute atomic E-state index is 0. The van der Waals surface area contributed by atoms with E-state index in [0.717, 1.165) is 25.9 Å². The number of nitrogens with zero attached hydrogens (tertiary/aromatic N) is 2. The Morgan fingerprint density at radius 3 is 1.32 bits per heavy atom. The van der Waals surface area contributed by atoms with Gasteiger partial charge in [0.1, 0.15) is 13.1 Å². The van der Waals surface area contributed by atoms with Crippen LogP contribution in [0.5, 0.6) is 11.5 Å². The van der Waals surface area contributed by atoms with Gasteiger partial charge in [-0.2, -0.15) is 0 Å². The van der Waals surface area contributed by atoms with Gasteiger partial charge in [0.25, 0.3) is 0 Å². The number of pyridine rings is 2. The van der Waals surface area contributed by atoms with E-state index in [1.807, 2.05) is 33.7 Å². The summed E-state index contributed by atoms with van der Waals surface area (Å²) in [5.74, 6) is 0.661. The van der Waals surface area contributed by atoms with Crippen LogP contribution in [-0.2, 0) is 13.1 Å². The fourth-order valence-corrected chi connectivity index (χ4v) is 2.77. The van der Waals surface area contributed by atoms with Crippen LogP contribution in [0.2, 0.25) is 0 Å². The molecule has 0 aromatic carbocycles. The third-order valence-corrected chi connectivity index (χ3v) is 4.02. The van der Waals surface area contributed by atoms with Gasteiger partial charge in [-0.3, -0.25) is 0 Å². The van der Waals surface area contributed by atoms with Gasteiger partial charge < -0.3 is 44.2 Å². The first-order chi connectivity index (χ1) is 11.2. The smallest absolute Gasteiger partial charge is 0.210 e. The molecule has 2 N–H and O–H groups in total. The number of aromatic hydroxyl groups is 2. The fourth-order valence-electron chi connectivity index (χ4n) is 2.77. The van der Waals surface area contributed by atoms with E-state index in [0.29, 0.717) is 11.5 Å². The second kappa shape index (κ2) is 14.1. The molecule has 2 aromatic rings. The molecular weight excluding hydrogens is 448 g/mol. The average Bonchev–Trinajstić information content (AvgIpc) is 2.53. The van der Waals surface area contributed by atoms with Gasteiger partial charge in [0.15, 0.2) is 23.9 Å². The molecule has 140 valence electrons. The van der Waals surface area contributed by atoms with Crippen molar-refractivity contribution in [2.45, 2.75) is 58.0 Å². The molecule has 0 saturated carbocycles. The molecule has 2 heterocycles. The van der Waals surface area contributed by atoms with Crippen LogP contribution in [0.3, 0.4) is 0 Å². The molecule has 0 spiro atoms. The third-order valence-electron chi connectivity index (χ3n) is 4.02. The summed E-state index contributed by atoms with van der Waals surface area (Å²) in [5.41, 5.74) is 0. The van der Waals surface area contributed by atoms with Gasteiger partial charge in [0, 0.05) is 25.0 Å². The largest absolute Gasteiger partial charge is 1.00 e. The maximum atomic E-state index is 9.40. The van der Waals surface area contributed by atoms with Gasteiger partial charge in [-0.1, -0.05) is 19.3 Å². The Labute approximate surface area is 171 Å². The fraction of sp³-hybridized carbons (Fsp3) is 0.474. The first-order valence-electron chi connectivity index (χ1n) is 8.60. The minimum Gasteiger partial charge on any atom is -1.00 e. The third kappa shape index (κ3) is 10.4. The van der Waals surface area contributed by atoms with E-state index in [1.165, 1.54) is 32.1 Å². The molecule has 25 heavy (non-hydrogen) atoms. The van der Waals surface area contributed by atoms with Crippen molar-refractivity contribution in [3.63, 3.8) is 0 Å². The Kier molecular flexibility index (Phi) is 13.4. The summed E-state index contributed by atoms with van der Waals surface area (Å²) in [6.45, 7) is 1.95. The molecule has 0 radical (unpaired) electrons. The van der Waals surface area contributed by atoms with Crippen molar-refractivity contribution in [2.75, 3.05) is 0 Å². The zero-order valence-corrected chi connectivity index (χ0v) is 17.7. The first kappa shape index (κ1) is 23.9. The molecule has 0 unspecified atom stereocenters. The van der Waals surface area contributed by atoms with Crippen LogP contribution in [0.1, 0.15) is 44.9 Å². The second-order valence-electron chi connectivity index (χ2n) is 6.07. The lowest BCUT2D eigenvalue weighted by atomic mass is 10.1. The maximum Gasteiger partial charge on any atom is 0.210 e.